The zero-order valence-corrected chi connectivity index (χ0v) is 15.2. The summed E-state index contributed by atoms with van der Waals surface area (Å²) in [5.41, 5.74) is 1.75. The molecule has 1 fully saturated rings. The van der Waals surface area contributed by atoms with Gasteiger partial charge in [0, 0.05) is 25.8 Å². The van der Waals surface area contributed by atoms with E-state index in [1.807, 2.05) is 6.92 Å². The number of rotatable bonds is 4. The molecule has 1 aliphatic rings. The van der Waals surface area contributed by atoms with Crippen LogP contribution in [-0.2, 0) is 17.1 Å². The first-order valence-electron chi connectivity index (χ1n) is 8.30. The number of anilines is 1. The van der Waals surface area contributed by atoms with Gasteiger partial charge in [-0.3, -0.25) is 9.48 Å². The Bertz CT molecular complexity index is 866. The van der Waals surface area contributed by atoms with E-state index in [4.69, 9.17) is 0 Å². The summed E-state index contributed by atoms with van der Waals surface area (Å²) in [6.45, 7) is 2.96. The minimum absolute atomic E-state index is 0.253. The molecular weight excluding hydrogens is 340 g/mol. The second-order valence-corrected chi connectivity index (χ2v) is 8.18. The minimum Gasteiger partial charge on any atom is -0.321 e. The van der Waals surface area contributed by atoms with Crippen molar-refractivity contribution in [1.82, 2.24) is 14.1 Å². The molecular formula is C17H22N4O3S. The number of aryl methyl sites for hydroxylation is 2. The fourth-order valence-electron chi connectivity index (χ4n) is 2.98. The SMILES string of the molecule is Cc1cc(C(=O)Nc2ccc(S(=O)(=O)N3CCCCC3)cc2)n(C)n1. The molecule has 1 N–H and O–H groups in total. The maximum Gasteiger partial charge on any atom is 0.273 e. The van der Waals surface area contributed by atoms with Gasteiger partial charge in [0.2, 0.25) is 10.0 Å². The van der Waals surface area contributed by atoms with Gasteiger partial charge in [-0.05, 0) is 50.1 Å². The van der Waals surface area contributed by atoms with Gasteiger partial charge in [-0.15, -0.1) is 0 Å². The van der Waals surface area contributed by atoms with Gasteiger partial charge < -0.3 is 5.32 Å². The molecule has 7 nitrogen and oxygen atoms in total. The molecule has 2 heterocycles. The average molecular weight is 362 g/mol. The second-order valence-electron chi connectivity index (χ2n) is 6.24. The average Bonchev–Trinajstić information content (AvgIpc) is 2.94. The van der Waals surface area contributed by atoms with E-state index in [1.165, 1.54) is 21.1 Å². The Morgan fingerprint density at radius 3 is 2.32 bits per heavy atom. The maximum absolute atomic E-state index is 12.6. The highest BCUT2D eigenvalue weighted by atomic mass is 32.2. The molecule has 134 valence electrons. The third kappa shape index (κ3) is 3.74. The summed E-state index contributed by atoms with van der Waals surface area (Å²) in [4.78, 5) is 12.5. The van der Waals surface area contributed by atoms with Crippen molar-refractivity contribution in [2.45, 2.75) is 31.1 Å². The topological polar surface area (TPSA) is 84.3 Å². The van der Waals surface area contributed by atoms with Crippen LogP contribution < -0.4 is 5.32 Å². The molecule has 25 heavy (non-hydrogen) atoms. The predicted molar refractivity (Wildman–Crippen MR) is 95.0 cm³/mol. The Balaban J connectivity index is 1.74. The van der Waals surface area contributed by atoms with E-state index in [0.29, 0.717) is 24.5 Å². The highest BCUT2D eigenvalue weighted by Crippen LogP contribution is 2.22. The highest BCUT2D eigenvalue weighted by molar-refractivity contribution is 7.89. The van der Waals surface area contributed by atoms with Crippen LogP contribution in [0.3, 0.4) is 0 Å². The van der Waals surface area contributed by atoms with Gasteiger partial charge in [0.1, 0.15) is 5.69 Å². The molecule has 0 bridgehead atoms. The maximum atomic E-state index is 12.6. The molecule has 1 saturated heterocycles. The van der Waals surface area contributed by atoms with Gasteiger partial charge in [0.05, 0.1) is 10.6 Å². The summed E-state index contributed by atoms with van der Waals surface area (Å²) in [5.74, 6) is -0.283. The van der Waals surface area contributed by atoms with Crippen molar-refractivity contribution < 1.29 is 13.2 Å². The molecule has 0 saturated carbocycles. The number of carbonyl (C=O) groups excluding carboxylic acids is 1. The van der Waals surface area contributed by atoms with Crippen LogP contribution in [0, 0.1) is 6.92 Å². The van der Waals surface area contributed by atoms with Crippen LogP contribution in [0.2, 0.25) is 0 Å². The van der Waals surface area contributed by atoms with Crippen LogP contribution in [0.5, 0.6) is 0 Å². The molecule has 0 aliphatic carbocycles. The Hall–Kier alpha value is -2.19. The molecule has 1 amide bonds. The summed E-state index contributed by atoms with van der Waals surface area (Å²) < 4.78 is 28.3. The molecule has 8 heteroatoms. The normalized spacial score (nSPS) is 15.9. The lowest BCUT2D eigenvalue weighted by atomic mass is 10.2. The van der Waals surface area contributed by atoms with Gasteiger partial charge in [-0.25, -0.2) is 8.42 Å². The number of nitrogens with one attached hydrogen (secondary N) is 1. The van der Waals surface area contributed by atoms with Gasteiger partial charge in [-0.1, -0.05) is 6.42 Å². The van der Waals surface area contributed by atoms with E-state index >= 15 is 0 Å². The number of hydrogen-bond donors (Lipinski definition) is 1. The number of carbonyl (C=O) groups is 1. The van der Waals surface area contributed by atoms with Crippen LogP contribution in [0.15, 0.2) is 35.2 Å². The van der Waals surface area contributed by atoms with Gasteiger partial charge in [-0.2, -0.15) is 9.40 Å². The Morgan fingerprint density at radius 1 is 1.12 bits per heavy atom. The largest absolute Gasteiger partial charge is 0.321 e. The van der Waals surface area contributed by atoms with Crippen LogP contribution in [-0.4, -0.2) is 41.5 Å². The smallest absolute Gasteiger partial charge is 0.273 e. The third-order valence-corrected chi connectivity index (χ3v) is 6.21. The standard InChI is InChI=1S/C17H22N4O3S/c1-13-12-16(20(2)19-13)17(22)18-14-6-8-15(9-7-14)25(23,24)21-10-4-3-5-11-21/h6-9,12H,3-5,10-11H2,1-2H3,(H,18,22). The van der Waals surface area contributed by atoms with Crippen molar-refractivity contribution in [3.63, 3.8) is 0 Å². The zero-order chi connectivity index (χ0) is 18.0. The van der Waals surface area contributed by atoms with Gasteiger partial charge >= 0.3 is 0 Å². The molecule has 1 aliphatic heterocycles. The van der Waals surface area contributed by atoms with Crippen molar-refractivity contribution in [1.29, 1.82) is 0 Å². The van der Waals surface area contributed by atoms with E-state index in [9.17, 15) is 13.2 Å². The van der Waals surface area contributed by atoms with Crippen LogP contribution in [0.1, 0.15) is 35.4 Å². The first kappa shape index (κ1) is 17.6. The molecule has 0 spiro atoms. The first-order chi connectivity index (χ1) is 11.9. The quantitative estimate of drug-likeness (QED) is 0.903. The van der Waals surface area contributed by atoms with E-state index in [2.05, 4.69) is 10.4 Å². The number of piperidine rings is 1. The van der Waals surface area contributed by atoms with E-state index < -0.39 is 10.0 Å². The van der Waals surface area contributed by atoms with Crippen LogP contribution >= 0.6 is 0 Å². The van der Waals surface area contributed by atoms with E-state index in [0.717, 1.165) is 25.0 Å². The van der Waals surface area contributed by atoms with Crippen molar-refractivity contribution in [2.75, 3.05) is 18.4 Å². The number of nitrogens with zero attached hydrogens (tertiary/aromatic N) is 3. The summed E-state index contributed by atoms with van der Waals surface area (Å²) in [7, 11) is -1.75. The van der Waals surface area contributed by atoms with Crippen LogP contribution in [0.25, 0.3) is 0 Å². The third-order valence-electron chi connectivity index (χ3n) is 4.30. The Kier molecular flexibility index (Phi) is 4.91. The lowest BCUT2D eigenvalue weighted by Gasteiger charge is -2.25. The lowest BCUT2D eigenvalue weighted by Crippen LogP contribution is -2.35. The van der Waals surface area contributed by atoms with Crippen molar-refractivity contribution in [3.8, 4) is 0 Å². The first-order valence-corrected chi connectivity index (χ1v) is 9.74. The molecule has 1 aromatic heterocycles. The van der Waals surface area contributed by atoms with Gasteiger partial charge in [0.15, 0.2) is 0 Å². The highest BCUT2D eigenvalue weighted by Gasteiger charge is 2.25. The Morgan fingerprint density at radius 2 is 1.76 bits per heavy atom. The van der Waals surface area contributed by atoms with E-state index in [1.54, 1.807) is 25.2 Å². The molecule has 3 rings (SSSR count). The number of benzene rings is 1. The monoisotopic (exact) mass is 362 g/mol. The second kappa shape index (κ2) is 6.97. The van der Waals surface area contributed by atoms with Crippen molar-refractivity contribution >= 4 is 21.6 Å². The van der Waals surface area contributed by atoms with Crippen molar-refractivity contribution in [2.24, 2.45) is 7.05 Å². The number of sulfonamides is 1. The summed E-state index contributed by atoms with van der Waals surface area (Å²) in [5, 5.41) is 6.91. The number of hydrogen-bond acceptors (Lipinski definition) is 4. The molecule has 0 atom stereocenters. The Labute approximate surface area is 147 Å². The number of aromatic nitrogens is 2. The predicted octanol–water partition coefficient (Wildman–Crippen LogP) is 2.16. The lowest BCUT2D eigenvalue weighted by molar-refractivity contribution is 0.101. The minimum atomic E-state index is -3.46. The fourth-order valence-corrected chi connectivity index (χ4v) is 4.50. The summed E-state index contributed by atoms with van der Waals surface area (Å²) >= 11 is 0. The fraction of sp³-hybridized carbons (Fsp3) is 0.412. The molecule has 0 unspecified atom stereocenters. The summed E-state index contributed by atoms with van der Waals surface area (Å²) in [6, 6.07) is 7.99. The molecule has 1 aromatic carbocycles. The van der Waals surface area contributed by atoms with Crippen LogP contribution in [0.4, 0.5) is 5.69 Å². The van der Waals surface area contributed by atoms with E-state index in [-0.39, 0.29) is 10.8 Å². The molecule has 2 aromatic rings. The zero-order valence-electron chi connectivity index (χ0n) is 14.4. The molecule has 0 radical (unpaired) electrons. The van der Waals surface area contributed by atoms with Gasteiger partial charge in [0.25, 0.3) is 5.91 Å². The summed E-state index contributed by atoms with van der Waals surface area (Å²) in [6.07, 6.45) is 2.87. The number of amides is 1. The van der Waals surface area contributed by atoms with Crippen molar-refractivity contribution in [3.05, 3.63) is 41.7 Å².